The van der Waals surface area contributed by atoms with Crippen molar-refractivity contribution >= 4 is 49.3 Å². The lowest BCUT2D eigenvalue weighted by Crippen LogP contribution is -2.24. The zero-order chi connectivity index (χ0) is 15.0. The second-order valence-electron chi connectivity index (χ2n) is 3.48. The van der Waals surface area contributed by atoms with Crippen molar-refractivity contribution in [2.24, 2.45) is 0 Å². The van der Waals surface area contributed by atoms with E-state index in [1.807, 2.05) is 6.92 Å². The molecule has 0 aliphatic rings. The summed E-state index contributed by atoms with van der Waals surface area (Å²) in [5.74, 6) is 0. The van der Waals surface area contributed by atoms with Gasteiger partial charge < -0.3 is 10.1 Å². The molecule has 0 fully saturated rings. The third-order valence-electron chi connectivity index (χ3n) is 1.90. The van der Waals surface area contributed by atoms with E-state index in [0.717, 1.165) is 0 Å². The quantitative estimate of drug-likeness (QED) is 0.254. The average Bonchev–Trinajstić information content (AvgIpc) is 2.43. The first-order valence-electron chi connectivity index (χ1n) is 5.44. The normalized spacial score (nSPS) is 11.7. The molecular weight excluding hydrogens is 370 g/mol. The van der Waals surface area contributed by atoms with Crippen molar-refractivity contribution in [2.75, 3.05) is 12.1 Å². The lowest BCUT2D eigenvalue weighted by atomic mass is 10.4. The van der Waals surface area contributed by atoms with Crippen LogP contribution >= 0.6 is 37.5 Å². The molecule has 1 aromatic heterocycles. The number of nitrogens with zero attached hydrogens (tertiary/aromatic N) is 2. The number of carbonyl (C=O) groups excluding carboxylic acids is 1. The molecule has 20 heavy (non-hydrogen) atoms. The fourth-order valence-corrected chi connectivity index (χ4v) is 3.30. The highest BCUT2D eigenvalue weighted by atomic mass is 79.9. The molecule has 7 nitrogen and oxygen atoms in total. The van der Waals surface area contributed by atoms with Gasteiger partial charge in [-0.2, -0.15) is 0 Å². The number of hydrogen-bond acceptors (Lipinski definition) is 7. The Bertz CT molecular complexity index is 478. The van der Waals surface area contributed by atoms with E-state index in [4.69, 9.17) is 4.74 Å². The first-order valence-corrected chi connectivity index (χ1v) is 8.77. The minimum atomic E-state index is -0.511. The average molecular weight is 382 g/mol. The van der Waals surface area contributed by atoms with E-state index in [1.54, 1.807) is 0 Å². The van der Waals surface area contributed by atoms with Crippen LogP contribution in [0.25, 0.3) is 0 Å². The molecule has 0 saturated carbocycles. The predicted molar refractivity (Wildman–Crippen MR) is 82.1 cm³/mol. The molecule has 1 atom stereocenters. The lowest BCUT2D eigenvalue weighted by molar-refractivity contribution is -0.388. The SMILES string of the molecule is CC(COC(=O)NCBr)SSc1ncccc1[N+](=O)[O-]. The summed E-state index contributed by atoms with van der Waals surface area (Å²) in [5.41, 5.74) is 0.289. The number of amides is 1. The molecule has 0 aromatic carbocycles. The van der Waals surface area contributed by atoms with Crippen molar-refractivity contribution < 1.29 is 14.5 Å². The van der Waals surface area contributed by atoms with Gasteiger partial charge in [0.25, 0.3) is 0 Å². The maximum atomic E-state index is 11.1. The Balaban J connectivity index is 2.43. The Labute approximate surface area is 131 Å². The van der Waals surface area contributed by atoms with Gasteiger partial charge in [-0.25, -0.2) is 9.78 Å². The van der Waals surface area contributed by atoms with E-state index < -0.39 is 11.0 Å². The number of carbonyl (C=O) groups is 1. The van der Waals surface area contributed by atoms with Crippen LogP contribution in [0.4, 0.5) is 10.5 Å². The van der Waals surface area contributed by atoms with Crippen molar-refractivity contribution in [1.29, 1.82) is 0 Å². The lowest BCUT2D eigenvalue weighted by Gasteiger charge is -2.10. The Morgan fingerprint density at radius 1 is 1.70 bits per heavy atom. The summed E-state index contributed by atoms with van der Waals surface area (Å²) in [7, 11) is 2.55. The Morgan fingerprint density at radius 2 is 2.45 bits per heavy atom. The molecule has 1 aromatic rings. The van der Waals surface area contributed by atoms with Crippen LogP contribution in [0.1, 0.15) is 6.92 Å². The Hall–Kier alpha value is -1.00. The number of aromatic nitrogens is 1. The number of alkyl carbamates (subject to hydrolysis) is 1. The van der Waals surface area contributed by atoms with Gasteiger partial charge in [-0.05, 0) is 23.8 Å². The van der Waals surface area contributed by atoms with Crippen LogP contribution in [0.15, 0.2) is 23.4 Å². The smallest absolute Gasteiger partial charge is 0.407 e. The van der Waals surface area contributed by atoms with E-state index in [0.29, 0.717) is 10.5 Å². The van der Waals surface area contributed by atoms with E-state index in [-0.39, 0.29) is 17.5 Å². The Kier molecular flexibility index (Phi) is 7.70. The molecule has 110 valence electrons. The number of pyridine rings is 1. The van der Waals surface area contributed by atoms with E-state index in [2.05, 4.69) is 26.2 Å². The van der Waals surface area contributed by atoms with Crippen molar-refractivity contribution in [2.45, 2.75) is 17.2 Å². The van der Waals surface area contributed by atoms with Gasteiger partial charge >= 0.3 is 11.8 Å². The molecular formula is C10H12BrN3O4S2. The van der Waals surface area contributed by atoms with Crippen LogP contribution in [0.5, 0.6) is 0 Å². The fourth-order valence-electron chi connectivity index (χ4n) is 1.04. The first-order chi connectivity index (χ1) is 9.54. The number of halogens is 1. The van der Waals surface area contributed by atoms with Crippen molar-refractivity contribution in [3.63, 3.8) is 0 Å². The van der Waals surface area contributed by atoms with Gasteiger partial charge in [-0.1, -0.05) is 26.7 Å². The summed E-state index contributed by atoms with van der Waals surface area (Å²) in [6.07, 6.45) is 0.990. The number of hydrogen-bond donors (Lipinski definition) is 1. The third kappa shape index (κ3) is 5.97. The second kappa shape index (κ2) is 9.03. The number of ether oxygens (including phenoxy) is 1. The summed E-state index contributed by atoms with van der Waals surface area (Å²) in [6, 6.07) is 2.92. The number of rotatable bonds is 7. The van der Waals surface area contributed by atoms with Gasteiger partial charge in [-0.3, -0.25) is 10.1 Å². The summed E-state index contributed by atoms with van der Waals surface area (Å²) in [6.45, 7) is 2.06. The highest BCUT2D eigenvalue weighted by Crippen LogP contribution is 2.37. The topological polar surface area (TPSA) is 94.4 Å². The molecule has 1 N–H and O–H groups in total. The fraction of sp³-hybridized carbons (Fsp3) is 0.400. The van der Waals surface area contributed by atoms with Gasteiger partial charge in [0, 0.05) is 17.5 Å². The maximum absolute atomic E-state index is 11.1. The number of nitrogens with one attached hydrogen (secondary N) is 1. The standard InChI is InChI=1S/C10H12BrN3O4S2/c1-7(5-18-10(15)13-6-11)19-20-9-8(14(16)17)3-2-4-12-9/h2-4,7H,5-6H2,1H3,(H,13,15). The molecule has 0 saturated heterocycles. The minimum Gasteiger partial charge on any atom is -0.448 e. The van der Waals surface area contributed by atoms with Gasteiger partial charge in [0.1, 0.15) is 6.61 Å². The van der Waals surface area contributed by atoms with Crippen molar-refractivity contribution in [3.05, 3.63) is 28.4 Å². The zero-order valence-electron chi connectivity index (χ0n) is 10.4. The maximum Gasteiger partial charge on any atom is 0.407 e. The van der Waals surface area contributed by atoms with Crippen LogP contribution in [-0.2, 0) is 4.74 Å². The van der Waals surface area contributed by atoms with E-state index >= 15 is 0 Å². The summed E-state index contributed by atoms with van der Waals surface area (Å²) >= 11 is 3.05. The molecule has 1 rings (SSSR count). The molecule has 10 heteroatoms. The zero-order valence-corrected chi connectivity index (χ0v) is 13.7. The minimum absolute atomic E-state index is 0.0253. The van der Waals surface area contributed by atoms with Gasteiger partial charge in [-0.15, -0.1) is 0 Å². The third-order valence-corrected chi connectivity index (χ3v) is 4.96. The summed E-state index contributed by atoms with van der Waals surface area (Å²) in [5, 5.41) is 13.6. The molecule has 0 aliphatic heterocycles. The van der Waals surface area contributed by atoms with Crippen LogP contribution in [0, 0.1) is 10.1 Å². The molecule has 0 radical (unpaired) electrons. The van der Waals surface area contributed by atoms with Crippen molar-refractivity contribution in [3.8, 4) is 0 Å². The molecule has 1 amide bonds. The highest BCUT2D eigenvalue weighted by Gasteiger charge is 2.17. The first kappa shape index (κ1) is 17.1. The van der Waals surface area contributed by atoms with Crippen LogP contribution < -0.4 is 5.32 Å². The molecule has 0 spiro atoms. The second-order valence-corrected chi connectivity index (χ2v) is 6.67. The molecule has 1 unspecified atom stereocenters. The van der Waals surface area contributed by atoms with Crippen molar-refractivity contribution in [1.82, 2.24) is 10.3 Å². The van der Waals surface area contributed by atoms with Crippen LogP contribution in [0.2, 0.25) is 0 Å². The molecule has 1 heterocycles. The number of alkyl halides is 1. The van der Waals surface area contributed by atoms with Crippen LogP contribution in [-0.4, -0.2) is 33.3 Å². The van der Waals surface area contributed by atoms with Gasteiger partial charge in [0.2, 0.25) is 0 Å². The predicted octanol–water partition coefficient (Wildman–Crippen LogP) is 3.20. The summed E-state index contributed by atoms with van der Waals surface area (Å²) < 4.78 is 4.94. The van der Waals surface area contributed by atoms with E-state index in [1.165, 1.54) is 39.9 Å². The molecule has 0 bridgehead atoms. The van der Waals surface area contributed by atoms with Crippen LogP contribution in [0.3, 0.4) is 0 Å². The van der Waals surface area contributed by atoms with Gasteiger partial charge in [0.05, 0.1) is 10.4 Å². The Morgan fingerprint density at radius 3 is 3.10 bits per heavy atom. The largest absolute Gasteiger partial charge is 0.448 e. The highest BCUT2D eigenvalue weighted by molar-refractivity contribution is 9.09. The monoisotopic (exact) mass is 381 g/mol. The summed E-state index contributed by atoms with van der Waals surface area (Å²) in [4.78, 5) is 25.4. The van der Waals surface area contributed by atoms with Gasteiger partial charge in [0.15, 0.2) is 5.03 Å². The number of nitro groups is 1. The van der Waals surface area contributed by atoms with E-state index in [9.17, 15) is 14.9 Å². The molecule has 0 aliphatic carbocycles.